The van der Waals surface area contributed by atoms with Crippen molar-refractivity contribution < 1.29 is 44.9 Å². The van der Waals surface area contributed by atoms with Crippen molar-refractivity contribution in [3.63, 3.8) is 0 Å². The predicted molar refractivity (Wildman–Crippen MR) is 176 cm³/mol. The summed E-state index contributed by atoms with van der Waals surface area (Å²) >= 11 is 0. The van der Waals surface area contributed by atoms with Gasteiger partial charge in [-0.05, 0) is 111 Å². The van der Waals surface area contributed by atoms with Crippen molar-refractivity contribution in [1.29, 1.82) is 0 Å². The maximum atomic E-state index is 12.2. The molecule has 0 aromatic rings. The molecule has 9 heteroatoms. The molecule has 9 nitrogen and oxygen atoms in total. The fraction of sp³-hybridized carbons (Fsp3) is 0.865. The molecule has 0 aromatic heterocycles. The monoisotopic (exact) mass is 650 g/mol. The van der Waals surface area contributed by atoms with E-state index in [4.69, 9.17) is 9.47 Å². The summed E-state index contributed by atoms with van der Waals surface area (Å²) in [7, 11) is 0. The van der Waals surface area contributed by atoms with Crippen LogP contribution in [0.1, 0.15) is 106 Å². The number of rotatable bonds is 12. The third-order valence-electron chi connectivity index (χ3n) is 13.8. The van der Waals surface area contributed by atoms with Crippen molar-refractivity contribution in [2.45, 2.75) is 149 Å². The maximum absolute atomic E-state index is 12.2. The Morgan fingerprint density at radius 1 is 1.02 bits per heavy atom. The minimum absolute atomic E-state index is 0.0374. The van der Waals surface area contributed by atoms with Gasteiger partial charge in [-0.3, -0.25) is 4.79 Å². The summed E-state index contributed by atoms with van der Waals surface area (Å²) in [5.41, 5.74) is 0.227. The van der Waals surface area contributed by atoms with E-state index in [1.54, 1.807) is 0 Å². The summed E-state index contributed by atoms with van der Waals surface area (Å²) in [6.45, 7) is 23.1. The van der Waals surface area contributed by atoms with Gasteiger partial charge in [-0.2, -0.15) is 0 Å². The summed E-state index contributed by atoms with van der Waals surface area (Å²) in [6.07, 6.45) is -1.67. The molecule has 264 valence electrons. The van der Waals surface area contributed by atoms with Crippen molar-refractivity contribution in [3.05, 3.63) is 24.3 Å². The minimum atomic E-state index is -1.57. The molecule has 3 saturated carbocycles. The average molecular weight is 651 g/mol. The average Bonchev–Trinajstić information content (AvgIpc) is 3.36. The Kier molecular flexibility index (Phi) is 11.0. The molecule has 4 fully saturated rings. The van der Waals surface area contributed by atoms with E-state index in [0.29, 0.717) is 31.6 Å². The molecular weight excluding hydrogens is 588 g/mol. The van der Waals surface area contributed by atoms with E-state index in [2.05, 4.69) is 47.8 Å². The van der Waals surface area contributed by atoms with E-state index >= 15 is 0 Å². The lowest BCUT2D eigenvalue weighted by Gasteiger charge is -2.68. The van der Waals surface area contributed by atoms with Gasteiger partial charge in [0.05, 0.1) is 18.3 Å². The summed E-state index contributed by atoms with van der Waals surface area (Å²) in [5, 5.41) is 64.0. The highest BCUT2D eigenvalue weighted by Crippen LogP contribution is 2.74. The molecule has 46 heavy (non-hydrogen) atoms. The van der Waals surface area contributed by atoms with Gasteiger partial charge in [0.25, 0.3) is 0 Å². The van der Waals surface area contributed by atoms with E-state index in [1.165, 1.54) is 0 Å². The topological polar surface area (TPSA) is 157 Å². The van der Waals surface area contributed by atoms with Crippen LogP contribution in [0.15, 0.2) is 24.3 Å². The number of aliphatic carboxylic acids is 1. The van der Waals surface area contributed by atoms with Crippen molar-refractivity contribution in [2.24, 2.45) is 45.8 Å². The van der Waals surface area contributed by atoms with E-state index in [1.807, 2.05) is 13.8 Å². The van der Waals surface area contributed by atoms with Crippen LogP contribution in [0, 0.1) is 45.8 Å². The molecule has 14 atom stereocenters. The summed E-state index contributed by atoms with van der Waals surface area (Å²) < 4.78 is 12.6. The third-order valence-corrected chi connectivity index (χ3v) is 13.8. The van der Waals surface area contributed by atoms with Gasteiger partial charge in [-0.25, -0.2) is 0 Å². The molecule has 0 spiro atoms. The molecule has 4 rings (SSSR count). The zero-order valence-electron chi connectivity index (χ0n) is 29.2. The van der Waals surface area contributed by atoms with E-state index in [0.717, 1.165) is 36.8 Å². The van der Waals surface area contributed by atoms with Crippen LogP contribution < -0.4 is 0 Å². The van der Waals surface area contributed by atoms with Crippen LogP contribution in [0.3, 0.4) is 0 Å². The number of hydrogen-bond donors (Lipinski definition) is 6. The van der Waals surface area contributed by atoms with Crippen LogP contribution in [0.5, 0.6) is 0 Å². The lowest BCUT2D eigenvalue weighted by Crippen LogP contribution is -2.65. The van der Waals surface area contributed by atoms with Crippen LogP contribution in [-0.4, -0.2) is 85.6 Å². The molecule has 0 unspecified atom stereocenters. The Bertz CT molecular complexity index is 1130. The molecule has 0 radical (unpaired) electrons. The van der Waals surface area contributed by atoms with Crippen LogP contribution in [-0.2, 0) is 14.3 Å². The molecule has 0 aromatic carbocycles. The zero-order valence-corrected chi connectivity index (χ0v) is 29.2. The molecule has 0 bridgehead atoms. The normalized spacial score (nSPS) is 45.5. The molecule has 0 amide bonds. The highest BCUT2D eigenvalue weighted by atomic mass is 16.7. The standard InChI is InChI=1S/C37H62O9/c1-20(2)22(5)10-17-37(9,44)24-12-16-36(8)29(24)25(45-33-32(43)31(42)30(41)26(19-38)46-33)18-27-34(6,14-13-28(39)40)23(21(3)4)11-15-35(27,36)7/h20,23-27,29-33,38,41-44H,3,5,10-19H2,1-2,4,6-9H3,(H,39,40)/t23-,24+,25+,26+,27+,29-,30+,31-,32+,33+,34-,35+,36+,37-/m0/s1. The molecule has 4 aliphatic rings. The van der Waals surface area contributed by atoms with Crippen molar-refractivity contribution in [1.82, 2.24) is 0 Å². The number of aliphatic hydroxyl groups excluding tert-OH is 4. The Labute approximate surface area is 276 Å². The lowest BCUT2D eigenvalue weighted by molar-refractivity contribution is -0.332. The Balaban J connectivity index is 1.80. The fourth-order valence-corrected chi connectivity index (χ4v) is 10.7. The van der Waals surface area contributed by atoms with Gasteiger partial charge in [0.1, 0.15) is 24.4 Å². The minimum Gasteiger partial charge on any atom is -0.481 e. The number of aliphatic hydroxyl groups is 5. The number of carbonyl (C=O) groups is 1. The van der Waals surface area contributed by atoms with Crippen LogP contribution in [0.4, 0.5) is 0 Å². The second-order valence-corrected chi connectivity index (χ2v) is 16.7. The van der Waals surface area contributed by atoms with Crippen LogP contribution >= 0.6 is 0 Å². The first-order valence-electron chi connectivity index (χ1n) is 17.5. The lowest BCUT2D eigenvalue weighted by atomic mass is 9.37. The Morgan fingerprint density at radius 3 is 2.22 bits per heavy atom. The molecule has 6 N–H and O–H groups in total. The molecular formula is C37H62O9. The van der Waals surface area contributed by atoms with Crippen LogP contribution in [0.2, 0.25) is 0 Å². The molecule has 3 aliphatic carbocycles. The number of allylic oxidation sites excluding steroid dienone is 2. The predicted octanol–water partition coefficient (Wildman–Crippen LogP) is 4.83. The van der Waals surface area contributed by atoms with Gasteiger partial charge in [0.2, 0.25) is 0 Å². The highest BCUT2D eigenvalue weighted by molar-refractivity contribution is 5.66. The summed E-state index contributed by atoms with van der Waals surface area (Å²) in [5.74, 6) is -0.616. The van der Waals surface area contributed by atoms with Crippen LogP contribution in [0.25, 0.3) is 0 Å². The number of ether oxygens (including phenoxy) is 2. The molecule has 1 heterocycles. The zero-order chi connectivity index (χ0) is 34.6. The Hall–Kier alpha value is -1.33. The summed E-state index contributed by atoms with van der Waals surface area (Å²) in [6, 6.07) is 0. The van der Waals surface area contributed by atoms with Gasteiger partial charge < -0.3 is 40.1 Å². The van der Waals surface area contributed by atoms with Gasteiger partial charge in [0.15, 0.2) is 6.29 Å². The van der Waals surface area contributed by atoms with E-state index < -0.39 is 60.4 Å². The molecule has 1 saturated heterocycles. The van der Waals surface area contributed by atoms with E-state index in [-0.39, 0.29) is 40.9 Å². The fourth-order valence-electron chi connectivity index (χ4n) is 10.7. The first-order chi connectivity index (χ1) is 21.2. The third kappa shape index (κ3) is 6.39. The largest absolute Gasteiger partial charge is 0.481 e. The summed E-state index contributed by atoms with van der Waals surface area (Å²) in [4.78, 5) is 11.9. The highest BCUT2D eigenvalue weighted by Gasteiger charge is 2.70. The van der Waals surface area contributed by atoms with Gasteiger partial charge in [-0.15, -0.1) is 0 Å². The smallest absolute Gasteiger partial charge is 0.303 e. The Morgan fingerprint density at radius 2 is 1.65 bits per heavy atom. The molecule has 1 aliphatic heterocycles. The first kappa shape index (κ1) is 37.5. The number of carboxylic acid groups (broad SMARTS) is 1. The number of carboxylic acids is 1. The number of fused-ring (bicyclic) bond motifs is 3. The van der Waals surface area contributed by atoms with Gasteiger partial charge in [-0.1, -0.05) is 58.9 Å². The SMILES string of the molecule is C=C(CC[C@](C)(O)[C@@H]1CC[C@]2(C)[C@@H]1[C@H](O[C@@H]1O[C@H](CO)[C@@H](O)[C@H](O)[C@H]1O)C[C@@H]1[C@@](C)(CCC(=O)O)[C@H](C(=C)C)CC[C@]12C)C(C)C. The maximum Gasteiger partial charge on any atom is 0.303 e. The second kappa shape index (κ2) is 13.5. The van der Waals surface area contributed by atoms with Crippen molar-refractivity contribution >= 4 is 5.97 Å². The number of hydrogen-bond acceptors (Lipinski definition) is 8. The van der Waals surface area contributed by atoms with Gasteiger partial charge in [0, 0.05) is 6.42 Å². The van der Waals surface area contributed by atoms with Crippen molar-refractivity contribution in [3.8, 4) is 0 Å². The van der Waals surface area contributed by atoms with E-state index in [9.17, 15) is 35.4 Å². The quantitative estimate of drug-likeness (QED) is 0.129. The van der Waals surface area contributed by atoms with Crippen molar-refractivity contribution in [2.75, 3.05) is 6.61 Å². The van der Waals surface area contributed by atoms with Gasteiger partial charge >= 0.3 is 5.97 Å². The second-order valence-electron chi connectivity index (χ2n) is 16.7. The first-order valence-corrected chi connectivity index (χ1v) is 17.5.